The molecular formula is C50H73N15O15. The average Bonchev–Trinajstić information content (AvgIpc) is 3.38. The minimum atomic E-state index is -1.70. The highest BCUT2D eigenvalue weighted by atomic mass is 16.4. The Morgan fingerprint density at radius 3 is 1.50 bits per heavy atom. The summed E-state index contributed by atoms with van der Waals surface area (Å²) in [6.45, 7) is 3.81. The fourth-order valence-corrected chi connectivity index (χ4v) is 7.31. The molecular weight excluding hydrogens is 1050 g/mol. The number of guanidine groups is 1. The first-order valence-corrected chi connectivity index (χ1v) is 25.2. The van der Waals surface area contributed by atoms with Gasteiger partial charge in [0.05, 0.1) is 26.1 Å². The van der Waals surface area contributed by atoms with Gasteiger partial charge in [0.25, 0.3) is 0 Å². The number of carbonyl (C=O) groups excluding carboxylic acids is 12. The van der Waals surface area contributed by atoms with Gasteiger partial charge in [0.1, 0.15) is 48.0 Å². The van der Waals surface area contributed by atoms with Crippen molar-refractivity contribution in [3.8, 4) is 5.75 Å². The zero-order chi connectivity index (χ0) is 60.1. The highest BCUT2D eigenvalue weighted by Crippen LogP contribution is 2.13. The second-order valence-electron chi connectivity index (χ2n) is 18.8. The molecule has 2 aromatic rings. The second-order valence-corrected chi connectivity index (χ2v) is 18.8. The summed E-state index contributed by atoms with van der Waals surface area (Å²) in [7, 11) is 0. The predicted octanol–water partition coefficient (Wildman–Crippen LogP) is -5.72. The molecule has 2 aromatic carbocycles. The maximum absolute atomic E-state index is 13.8. The van der Waals surface area contributed by atoms with Crippen molar-refractivity contribution < 1.29 is 72.5 Å². The summed E-state index contributed by atoms with van der Waals surface area (Å²) in [5.74, 6) is -12.6. The van der Waals surface area contributed by atoms with E-state index in [2.05, 4.69) is 58.2 Å². The predicted molar refractivity (Wildman–Crippen MR) is 285 cm³/mol. The minimum Gasteiger partial charge on any atom is -0.508 e. The number of carboxylic acids is 1. The Balaban J connectivity index is 2.24. The highest BCUT2D eigenvalue weighted by Gasteiger charge is 2.33. The van der Waals surface area contributed by atoms with Gasteiger partial charge in [-0.2, -0.15) is 0 Å². The zero-order valence-electron chi connectivity index (χ0n) is 44.8. The van der Waals surface area contributed by atoms with Crippen LogP contribution in [0.2, 0.25) is 0 Å². The van der Waals surface area contributed by atoms with Crippen LogP contribution >= 0.6 is 0 Å². The maximum Gasteiger partial charge on any atom is 0.326 e. The number of carbonyl (C=O) groups is 13. The van der Waals surface area contributed by atoms with Gasteiger partial charge in [0, 0.05) is 32.7 Å². The van der Waals surface area contributed by atoms with Crippen molar-refractivity contribution in [2.24, 2.45) is 33.8 Å². The Morgan fingerprint density at radius 1 is 0.512 bits per heavy atom. The number of aromatic hydroxyl groups is 1. The fraction of sp³-hybridized carbons (Fsp3) is 0.480. The first kappa shape index (κ1) is 66.7. The molecule has 0 fully saturated rings. The lowest BCUT2D eigenvalue weighted by molar-refractivity contribution is -0.142. The molecule has 80 heavy (non-hydrogen) atoms. The molecule has 30 heteroatoms. The Bertz CT molecular complexity index is 2540. The van der Waals surface area contributed by atoms with Gasteiger partial charge in [-0.3, -0.25) is 62.5 Å². The highest BCUT2D eigenvalue weighted by molar-refractivity contribution is 5.98. The third kappa shape index (κ3) is 27.1. The van der Waals surface area contributed by atoms with Crippen LogP contribution in [0.3, 0.4) is 0 Å². The number of phenolic OH excluding ortho intramolecular Hbond substituents is 1. The van der Waals surface area contributed by atoms with Crippen LogP contribution in [-0.2, 0) is 75.2 Å². The number of nitrogens with zero attached hydrogens (tertiary/aromatic N) is 1. The summed E-state index contributed by atoms with van der Waals surface area (Å²) in [6.07, 6.45) is -1.70. The minimum absolute atomic E-state index is 0.0288. The number of hydrogen-bond donors (Lipinski definition) is 16. The van der Waals surface area contributed by atoms with Crippen LogP contribution in [0, 0.1) is 5.92 Å². The molecule has 7 atom stereocenters. The summed E-state index contributed by atoms with van der Waals surface area (Å²) in [5.41, 5.74) is 22.4. The lowest BCUT2D eigenvalue weighted by Gasteiger charge is -2.25. The average molecular weight is 1120 g/mol. The molecule has 0 heterocycles. The Morgan fingerprint density at radius 2 is 0.988 bits per heavy atom. The normalized spacial score (nSPS) is 13.3. The van der Waals surface area contributed by atoms with Crippen LogP contribution < -0.4 is 76.1 Å². The van der Waals surface area contributed by atoms with E-state index >= 15 is 0 Å². The van der Waals surface area contributed by atoms with E-state index in [9.17, 15) is 72.5 Å². The van der Waals surface area contributed by atoms with Crippen LogP contribution in [0.15, 0.2) is 59.6 Å². The number of nitrogens with two attached hydrogens (primary N) is 4. The monoisotopic (exact) mass is 1120 g/mol. The van der Waals surface area contributed by atoms with Crippen molar-refractivity contribution in [2.75, 3.05) is 26.2 Å². The standard InChI is InChI=1S/C50H73N15O15/c1-26(2)19-34(46(76)59-27(3)43(73)64-33(49(79)80)16-17-38(51)68)65-48(78)37(22-39(52)69)62-42(72)25-58-45(75)35(20-29-9-6-5-7-10-29)60-41(71)24-57-44(74)32(11-8-18-55-50(53)54)63-47(77)36(61-40(70)23-56-28(4)66)21-30-12-14-31(67)15-13-30/h5-7,9-10,12-15,26-27,32-37,67H,8,11,16-25H2,1-4H3,(H2,51,68)(H2,52,69)(H,56,66)(H,57,74)(H,58,75)(H,59,76)(H,60,71)(H,61,70)(H,62,72)(H,63,77)(H,64,73)(H,65,78)(H,79,80)(H4,53,54,55)/t27-,32-,33-,34-,35-,36-,37-/m0/s1. The molecule has 0 aliphatic carbocycles. The van der Waals surface area contributed by atoms with E-state index in [-0.39, 0.29) is 69.1 Å². The van der Waals surface area contributed by atoms with E-state index in [1.807, 2.05) is 0 Å². The van der Waals surface area contributed by atoms with Crippen molar-refractivity contribution in [3.05, 3.63) is 65.7 Å². The quantitative estimate of drug-likeness (QED) is 0.0174. The summed E-state index contributed by atoms with van der Waals surface area (Å²) < 4.78 is 0. The van der Waals surface area contributed by atoms with Gasteiger partial charge in [-0.25, -0.2) is 4.79 Å². The van der Waals surface area contributed by atoms with E-state index in [0.29, 0.717) is 11.1 Å². The van der Waals surface area contributed by atoms with Crippen molar-refractivity contribution >= 4 is 82.8 Å². The van der Waals surface area contributed by atoms with Gasteiger partial charge in [0.15, 0.2) is 5.96 Å². The molecule has 20 N–H and O–H groups in total. The van der Waals surface area contributed by atoms with Crippen LogP contribution in [0.5, 0.6) is 5.75 Å². The maximum atomic E-state index is 13.8. The number of benzene rings is 2. The number of primary amides is 2. The summed E-state index contributed by atoms with van der Waals surface area (Å²) in [6, 6.07) is 4.03. The van der Waals surface area contributed by atoms with Crippen molar-refractivity contribution in [1.82, 2.24) is 53.2 Å². The van der Waals surface area contributed by atoms with Crippen molar-refractivity contribution in [3.63, 3.8) is 0 Å². The van der Waals surface area contributed by atoms with Gasteiger partial charge in [-0.1, -0.05) is 56.3 Å². The van der Waals surface area contributed by atoms with Gasteiger partial charge < -0.3 is 86.3 Å². The summed E-state index contributed by atoms with van der Waals surface area (Å²) >= 11 is 0. The van der Waals surface area contributed by atoms with Crippen LogP contribution in [0.1, 0.15) is 77.3 Å². The molecule has 0 aromatic heterocycles. The van der Waals surface area contributed by atoms with Gasteiger partial charge >= 0.3 is 5.97 Å². The van der Waals surface area contributed by atoms with E-state index < -0.39 is 145 Å². The second kappa shape index (κ2) is 34.4. The first-order valence-electron chi connectivity index (χ1n) is 25.2. The van der Waals surface area contributed by atoms with Gasteiger partial charge in [-0.05, 0) is 61.8 Å². The van der Waals surface area contributed by atoms with Crippen LogP contribution in [0.4, 0.5) is 0 Å². The Labute approximate surface area is 460 Å². The number of aliphatic carboxylic acids is 1. The lowest BCUT2D eigenvalue weighted by Crippen LogP contribution is -2.58. The van der Waals surface area contributed by atoms with Crippen LogP contribution in [0.25, 0.3) is 0 Å². The molecule has 0 unspecified atom stereocenters. The molecule has 0 radical (unpaired) electrons. The number of amides is 12. The van der Waals surface area contributed by atoms with Gasteiger partial charge in [-0.15, -0.1) is 0 Å². The number of hydrogen-bond acceptors (Lipinski definition) is 15. The van der Waals surface area contributed by atoms with E-state index in [1.54, 1.807) is 44.2 Å². The van der Waals surface area contributed by atoms with Crippen molar-refractivity contribution in [1.29, 1.82) is 0 Å². The zero-order valence-corrected chi connectivity index (χ0v) is 44.8. The number of phenols is 1. The Kier molecular flexibility index (Phi) is 28.7. The first-order chi connectivity index (χ1) is 37.6. The number of carboxylic acid groups (broad SMARTS) is 1. The smallest absolute Gasteiger partial charge is 0.326 e. The molecule has 30 nitrogen and oxygen atoms in total. The molecule has 0 aliphatic rings. The number of aliphatic imine (C=N–C) groups is 1. The third-order valence-electron chi connectivity index (χ3n) is 11.3. The number of nitrogens with one attached hydrogen (secondary N) is 10. The Hall–Kier alpha value is -9.38. The van der Waals surface area contributed by atoms with Gasteiger partial charge in [0.2, 0.25) is 70.9 Å². The molecule has 438 valence electrons. The lowest BCUT2D eigenvalue weighted by atomic mass is 10.0. The summed E-state index contributed by atoms with van der Waals surface area (Å²) in [4.78, 5) is 171. The molecule has 0 bridgehead atoms. The van der Waals surface area contributed by atoms with E-state index in [4.69, 9.17) is 22.9 Å². The fourth-order valence-electron chi connectivity index (χ4n) is 7.31. The third-order valence-corrected chi connectivity index (χ3v) is 11.3. The van der Waals surface area contributed by atoms with E-state index in [1.165, 1.54) is 38.1 Å². The molecule has 0 aliphatic heterocycles. The largest absolute Gasteiger partial charge is 0.508 e. The molecule has 12 amide bonds. The topological polar surface area (TPSA) is 499 Å². The molecule has 2 rings (SSSR count). The summed E-state index contributed by atoms with van der Waals surface area (Å²) in [5, 5.41) is 43.2. The van der Waals surface area contributed by atoms with Crippen LogP contribution in [-0.4, -0.2) is 161 Å². The number of rotatable bonds is 35. The molecule has 0 saturated carbocycles. The molecule has 0 spiro atoms. The molecule has 0 saturated heterocycles. The van der Waals surface area contributed by atoms with E-state index in [0.717, 1.165) is 0 Å². The SMILES string of the molecule is CC(=O)NCC(=O)N[C@@H](Cc1ccc(O)cc1)C(=O)N[C@@H](CCCN=C(N)N)C(=O)NCC(=O)N[C@@H](Cc1ccccc1)C(=O)NCC(=O)N[C@@H](CC(N)=O)C(=O)N[C@@H](CC(C)C)C(=O)N[C@@H](C)C(=O)N[C@@H](CCC(N)=O)C(=O)O. The van der Waals surface area contributed by atoms with Crippen molar-refractivity contribution in [2.45, 2.75) is 121 Å².